The van der Waals surface area contributed by atoms with Crippen molar-refractivity contribution in [2.45, 2.75) is 18.6 Å². The molecule has 27 heavy (non-hydrogen) atoms. The molecule has 3 rings (SSSR count). The zero-order valence-electron chi connectivity index (χ0n) is 13.9. The summed E-state index contributed by atoms with van der Waals surface area (Å²) in [5, 5.41) is 9.47. The van der Waals surface area contributed by atoms with Gasteiger partial charge in [0.1, 0.15) is 0 Å². The number of hydrogen-bond donors (Lipinski definition) is 1. The Bertz CT molecular complexity index is 870. The van der Waals surface area contributed by atoms with Gasteiger partial charge in [-0.1, -0.05) is 24.3 Å². The van der Waals surface area contributed by atoms with Crippen LogP contribution in [0.25, 0.3) is 0 Å². The van der Waals surface area contributed by atoms with E-state index >= 15 is 0 Å². The van der Waals surface area contributed by atoms with Crippen LogP contribution in [-0.4, -0.2) is 46.2 Å². The number of carboxylic acids is 1. The summed E-state index contributed by atoms with van der Waals surface area (Å²) in [7, 11) is 0. The average molecular weight is 380 g/mol. The lowest BCUT2D eigenvalue weighted by atomic mass is 9.89. The first kappa shape index (κ1) is 18.7. The highest BCUT2D eigenvalue weighted by Gasteiger charge is 2.33. The van der Waals surface area contributed by atoms with E-state index in [1.165, 1.54) is 17.2 Å². The van der Waals surface area contributed by atoms with E-state index in [-0.39, 0.29) is 24.5 Å². The molecule has 1 aliphatic rings. The number of nitrogens with zero attached hydrogens (tertiary/aromatic N) is 2. The minimum Gasteiger partial charge on any atom is -0.481 e. The Hall–Kier alpha value is -3.10. The number of hydrogen-bond acceptors (Lipinski definition) is 4. The number of pyridine rings is 1. The molecule has 1 aromatic heterocycles. The second-order valence-corrected chi connectivity index (χ2v) is 6.06. The Morgan fingerprint density at radius 2 is 2.00 bits per heavy atom. The van der Waals surface area contributed by atoms with Gasteiger partial charge in [-0.3, -0.25) is 9.59 Å². The van der Waals surface area contributed by atoms with Gasteiger partial charge < -0.3 is 14.7 Å². The van der Waals surface area contributed by atoms with E-state index in [9.17, 15) is 27.9 Å². The molecule has 9 heteroatoms. The molecule has 0 spiro atoms. The molecule has 0 saturated carbocycles. The van der Waals surface area contributed by atoms with Gasteiger partial charge in [-0.2, -0.15) is 13.2 Å². The normalized spacial score (nSPS) is 16.6. The van der Waals surface area contributed by atoms with Gasteiger partial charge in [0.25, 0.3) is 5.91 Å². The van der Waals surface area contributed by atoms with Crippen molar-refractivity contribution in [3.05, 3.63) is 59.3 Å². The maximum absolute atomic E-state index is 12.8. The Kier molecular flexibility index (Phi) is 5.02. The Morgan fingerprint density at radius 3 is 2.70 bits per heavy atom. The monoisotopic (exact) mass is 380 g/mol. The summed E-state index contributed by atoms with van der Waals surface area (Å²) in [4.78, 5) is 29.4. The molecule has 1 N–H and O–H groups in total. The van der Waals surface area contributed by atoms with Gasteiger partial charge in [0.2, 0.25) is 5.88 Å². The fraction of sp³-hybridized carbons (Fsp3) is 0.278. The molecule has 0 bridgehead atoms. The number of alkyl halides is 3. The summed E-state index contributed by atoms with van der Waals surface area (Å²) < 4.78 is 41.4. The van der Waals surface area contributed by atoms with Crippen molar-refractivity contribution >= 4 is 11.9 Å². The van der Waals surface area contributed by atoms with Crippen LogP contribution in [0.5, 0.6) is 5.88 Å². The smallest absolute Gasteiger partial charge is 0.422 e. The maximum atomic E-state index is 12.8. The molecule has 0 fully saturated rings. The number of aliphatic carboxylic acids is 1. The predicted octanol–water partition coefficient (Wildman–Crippen LogP) is 2.85. The number of benzene rings is 1. The molecule has 2 aromatic rings. The predicted molar refractivity (Wildman–Crippen MR) is 87.3 cm³/mol. The second kappa shape index (κ2) is 7.26. The number of halogens is 3. The number of carbonyl (C=O) groups is 2. The lowest BCUT2D eigenvalue weighted by Gasteiger charge is -2.32. The SMILES string of the molecule is O=C(O)C1CN(C(=O)c2ccnc(OCC(F)(F)F)c2)Cc2ccccc21. The van der Waals surface area contributed by atoms with Crippen molar-refractivity contribution in [3.63, 3.8) is 0 Å². The van der Waals surface area contributed by atoms with Crippen LogP contribution in [0.2, 0.25) is 0 Å². The van der Waals surface area contributed by atoms with Gasteiger partial charge in [-0.25, -0.2) is 4.98 Å². The average Bonchev–Trinajstić information content (AvgIpc) is 2.64. The van der Waals surface area contributed by atoms with E-state index < -0.39 is 30.6 Å². The van der Waals surface area contributed by atoms with Crippen LogP contribution in [-0.2, 0) is 11.3 Å². The molecule has 1 aliphatic heterocycles. The van der Waals surface area contributed by atoms with Crippen LogP contribution in [0.3, 0.4) is 0 Å². The Labute approximate surface area is 152 Å². The third kappa shape index (κ3) is 4.36. The summed E-state index contributed by atoms with van der Waals surface area (Å²) in [6, 6.07) is 9.41. The standard InChI is InChI=1S/C18H15F3N2O4/c19-18(20,21)10-27-15-7-11(5-6-22-15)16(24)23-8-12-3-1-2-4-13(12)14(9-23)17(25)26/h1-7,14H,8-10H2,(H,25,26). The van der Waals surface area contributed by atoms with E-state index in [0.29, 0.717) is 11.1 Å². The number of carbonyl (C=O) groups excluding carboxylic acids is 1. The number of rotatable bonds is 4. The lowest BCUT2D eigenvalue weighted by Crippen LogP contribution is -2.40. The highest BCUT2D eigenvalue weighted by Crippen LogP contribution is 2.29. The largest absolute Gasteiger partial charge is 0.481 e. The van der Waals surface area contributed by atoms with E-state index in [1.54, 1.807) is 24.3 Å². The van der Waals surface area contributed by atoms with Crippen LogP contribution in [0.4, 0.5) is 13.2 Å². The van der Waals surface area contributed by atoms with Crippen molar-refractivity contribution in [1.29, 1.82) is 0 Å². The molecule has 0 aliphatic carbocycles. The highest BCUT2D eigenvalue weighted by molar-refractivity contribution is 5.95. The van der Waals surface area contributed by atoms with Gasteiger partial charge in [0.05, 0.1) is 5.92 Å². The third-order valence-electron chi connectivity index (χ3n) is 4.15. The molecule has 1 amide bonds. The number of ether oxygens (including phenoxy) is 1. The highest BCUT2D eigenvalue weighted by atomic mass is 19.4. The van der Waals surface area contributed by atoms with Crippen molar-refractivity contribution in [1.82, 2.24) is 9.88 Å². The van der Waals surface area contributed by atoms with Crippen molar-refractivity contribution < 1.29 is 32.6 Å². The van der Waals surface area contributed by atoms with E-state index in [2.05, 4.69) is 9.72 Å². The topological polar surface area (TPSA) is 79.7 Å². The first-order valence-electron chi connectivity index (χ1n) is 8.00. The molecule has 6 nitrogen and oxygen atoms in total. The molecule has 1 unspecified atom stereocenters. The number of aromatic nitrogens is 1. The summed E-state index contributed by atoms with van der Waals surface area (Å²) in [6.45, 7) is -1.35. The summed E-state index contributed by atoms with van der Waals surface area (Å²) in [5.41, 5.74) is 1.44. The van der Waals surface area contributed by atoms with E-state index in [0.717, 1.165) is 6.07 Å². The first-order chi connectivity index (χ1) is 12.7. The minimum absolute atomic E-state index is 0.0355. The quantitative estimate of drug-likeness (QED) is 0.882. The van der Waals surface area contributed by atoms with E-state index in [4.69, 9.17) is 0 Å². The van der Waals surface area contributed by atoms with Crippen LogP contribution >= 0.6 is 0 Å². The molecule has 1 aromatic carbocycles. The van der Waals surface area contributed by atoms with Gasteiger partial charge in [-0.05, 0) is 17.2 Å². The zero-order chi connectivity index (χ0) is 19.6. The molecule has 2 heterocycles. The maximum Gasteiger partial charge on any atom is 0.422 e. The van der Waals surface area contributed by atoms with Crippen molar-refractivity contribution in [2.75, 3.05) is 13.2 Å². The fourth-order valence-corrected chi connectivity index (χ4v) is 2.93. The molecule has 1 atom stereocenters. The zero-order valence-corrected chi connectivity index (χ0v) is 13.9. The molecule has 0 saturated heterocycles. The third-order valence-corrected chi connectivity index (χ3v) is 4.15. The Balaban J connectivity index is 1.81. The minimum atomic E-state index is -4.52. The fourth-order valence-electron chi connectivity index (χ4n) is 2.93. The molecule has 142 valence electrons. The molecular weight excluding hydrogens is 365 g/mol. The summed E-state index contributed by atoms with van der Waals surface area (Å²) in [5.74, 6) is -2.76. The van der Waals surface area contributed by atoms with Gasteiger partial charge in [0.15, 0.2) is 6.61 Å². The summed E-state index contributed by atoms with van der Waals surface area (Å²) in [6.07, 6.45) is -3.35. The first-order valence-corrected chi connectivity index (χ1v) is 8.00. The van der Waals surface area contributed by atoms with Gasteiger partial charge in [-0.15, -0.1) is 0 Å². The number of carboxylic acid groups (broad SMARTS) is 1. The Morgan fingerprint density at radius 1 is 1.26 bits per heavy atom. The lowest BCUT2D eigenvalue weighted by molar-refractivity contribution is -0.154. The molecular formula is C18H15F3N2O4. The van der Waals surface area contributed by atoms with Crippen molar-refractivity contribution in [2.24, 2.45) is 0 Å². The second-order valence-electron chi connectivity index (χ2n) is 6.06. The van der Waals surface area contributed by atoms with Gasteiger partial charge in [0, 0.05) is 30.9 Å². The van der Waals surface area contributed by atoms with Crippen LogP contribution in [0, 0.1) is 0 Å². The number of fused-ring (bicyclic) bond motifs is 1. The molecule has 0 radical (unpaired) electrons. The van der Waals surface area contributed by atoms with Crippen molar-refractivity contribution in [3.8, 4) is 5.88 Å². The van der Waals surface area contributed by atoms with Crippen LogP contribution < -0.4 is 4.74 Å². The van der Waals surface area contributed by atoms with E-state index in [1.807, 2.05) is 0 Å². The summed E-state index contributed by atoms with van der Waals surface area (Å²) >= 11 is 0. The van der Waals surface area contributed by atoms with Crippen LogP contribution in [0.1, 0.15) is 27.4 Å². The van der Waals surface area contributed by atoms with Crippen LogP contribution in [0.15, 0.2) is 42.6 Å². The number of amides is 1. The van der Waals surface area contributed by atoms with Gasteiger partial charge >= 0.3 is 12.1 Å².